The average Bonchev–Trinajstić information content (AvgIpc) is 2.46. The van der Waals surface area contributed by atoms with Crippen LogP contribution in [0.2, 0.25) is 0 Å². The fourth-order valence-electron chi connectivity index (χ4n) is 2.51. The Balaban J connectivity index is 3.02. The number of carbonyl (C=O) groups excluding carboxylic acids is 2. The van der Waals surface area contributed by atoms with Gasteiger partial charge in [-0.25, -0.2) is 9.59 Å². The van der Waals surface area contributed by atoms with Crippen LogP contribution in [0.4, 0.5) is 15.3 Å². The van der Waals surface area contributed by atoms with Crippen LogP contribution in [-0.2, 0) is 9.47 Å². The lowest BCUT2D eigenvalue weighted by Gasteiger charge is -2.31. The van der Waals surface area contributed by atoms with Gasteiger partial charge in [0, 0.05) is 12.2 Å². The smallest absolute Gasteiger partial charge is 0.412 e. The van der Waals surface area contributed by atoms with Gasteiger partial charge in [0.05, 0.1) is 6.04 Å². The van der Waals surface area contributed by atoms with Gasteiger partial charge in [-0.3, -0.25) is 5.32 Å². The van der Waals surface area contributed by atoms with Crippen LogP contribution in [-0.4, -0.2) is 34.8 Å². The number of aryl methyl sites for hydroxylation is 1. The number of nitrogens with one attached hydrogen (secondary N) is 1. The van der Waals surface area contributed by atoms with E-state index in [9.17, 15) is 9.59 Å². The monoisotopic (exact) mass is 378 g/mol. The molecule has 2 amide bonds. The second-order valence-corrected chi connectivity index (χ2v) is 8.64. The summed E-state index contributed by atoms with van der Waals surface area (Å²) in [6, 6.07) is 5.54. The van der Waals surface area contributed by atoms with Crippen molar-refractivity contribution in [3.8, 4) is 0 Å². The summed E-state index contributed by atoms with van der Waals surface area (Å²) in [6.45, 7) is 17.3. The first kappa shape index (κ1) is 22.8. The summed E-state index contributed by atoms with van der Waals surface area (Å²) in [5.41, 5.74) is 1.35. The molecule has 6 nitrogen and oxygen atoms in total. The van der Waals surface area contributed by atoms with E-state index >= 15 is 0 Å². The first-order valence-electron chi connectivity index (χ1n) is 9.33. The number of hydrogen-bond donors (Lipinski definition) is 1. The standard InChI is InChI=1S/C21H34N2O4/c1-10-23(19(25)27-21(7,8)9)15(3)16-12-11-14(2)17(13-16)22-18(24)26-20(4,5)6/h11-13,15H,10H2,1-9H3,(H,22,24)/t15-/m1/s1. The molecule has 0 saturated carbocycles. The van der Waals surface area contributed by atoms with Gasteiger partial charge in [0.15, 0.2) is 0 Å². The minimum Gasteiger partial charge on any atom is -0.444 e. The van der Waals surface area contributed by atoms with Crippen molar-refractivity contribution in [1.82, 2.24) is 4.90 Å². The van der Waals surface area contributed by atoms with Crippen LogP contribution in [0, 0.1) is 6.92 Å². The molecule has 1 aromatic carbocycles. The Morgan fingerprint density at radius 3 is 2.11 bits per heavy atom. The van der Waals surface area contributed by atoms with Gasteiger partial charge in [-0.05, 0) is 79.5 Å². The van der Waals surface area contributed by atoms with E-state index in [1.54, 1.807) is 4.90 Å². The largest absolute Gasteiger partial charge is 0.444 e. The zero-order valence-electron chi connectivity index (χ0n) is 18.1. The van der Waals surface area contributed by atoms with Gasteiger partial charge >= 0.3 is 12.2 Å². The van der Waals surface area contributed by atoms with Gasteiger partial charge in [0.1, 0.15) is 11.2 Å². The van der Waals surface area contributed by atoms with E-state index in [-0.39, 0.29) is 12.1 Å². The summed E-state index contributed by atoms with van der Waals surface area (Å²) in [5, 5.41) is 2.79. The molecule has 0 radical (unpaired) electrons. The molecule has 0 heterocycles. The van der Waals surface area contributed by atoms with Crippen molar-refractivity contribution in [3.63, 3.8) is 0 Å². The van der Waals surface area contributed by atoms with Crippen molar-refractivity contribution >= 4 is 17.9 Å². The van der Waals surface area contributed by atoms with E-state index in [0.29, 0.717) is 12.2 Å². The fourth-order valence-corrected chi connectivity index (χ4v) is 2.51. The van der Waals surface area contributed by atoms with Crippen LogP contribution >= 0.6 is 0 Å². The quantitative estimate of drug-likeness (QED) is 0.734. The number of nitrogens with zero attached hydrogens (tertiary/aromatic N) is 1. The first-order chi connectivity index (χ1) is 12.2. The summed E-state index contributed by atoms with van der Waals surface area (Å²) in [5.74, 6) is 0. The molecule has 0 aliphatic heterocycles. The maximum Gasteiger partial charge on any atom is 0.412 e. The number of benzene rings is 1. The lowest BCUT2D eigenvalue weighted by Crippen LogP contribution is -2.38. The van der Waals surface area contributed by atoms with Gasteiger partial charge in [0.25, 0.3) is 0 Å². The Labute approximate surface area is 163 Å². The van der Waals surface area contributed by atoms with Crippen LogP contribution < -0.4 is 5.32 Å². The Morgan fingerprint density at radius 1 is 1.07 bits per heavy atom. The number of anilines is 1. The number of rotatable bonds is 4. The van der Waals surface area contributed by atoms with Crippen molar-refractivity contribution in [2.75, 3.05) is 11.9 Å². The maximum absolute atomic E-state index is 12.5. The van der Waals surface area contributed by atoms with Gasteiger partial charge in [0.2, 0.25) is 0 Å². The van der Waals surface area contributed by atoms with Crippen molar-refractivity contribution in [2.24, 2.45) is 0 Å². The molecular weight excluding hydrogens is 344 g/mol. The number of carbonyl (C=O) groups is 2. The minimum atomic E-state index is -0.571. The molecule has 1 rings (SSSR count). The topological polar surface area (TPSA) is 67.9 Å². The Morgan fingerprint density at radius 2 is 1.63 bits per heavy atom. The third-order valence-corrected chi connectivity index (χ3v) is 3.82. The van der Waals surface area contributed by atoms with Crippen molar-refractivity contribution in [3.05, 3.63) is 29.3 Å². The van der Waals surface area contributed by atoms with E-state index in [2.05, 4.69) is 5.32 Å². The molecule has 152 valence electrons. The molecule has 1 aromatic rings. The van der Waals surface area contributed by atoms with Crippen LogP contribution in [0.5, 0.6) is 0 Å². The number of hydrogen-bond acceptors (Lipinski definition) is 4. The van der Waals surface area contributed by atoms with Gasteiger partial charge in [-0.15, -0.1) is 0 Å². The van der Waals surface area contributed by atoms with Crippen molar-refractivity contribution in [2.45, 2.75) is 79.6 Å². The third kappa shape index (κ3) is 7.49. The number of ether oxygens (including phenoxy) is 2. The third-order valence-electron chi connectivity index (χ3n) is 3.82. The highest BCUT2D eigenvalue weighted by molar-refractivity contribution is 5.86. The fraction of sp³-hybridized carbons (Fsp3) is 0.619. The lowest BCUT2D eigenvalue weighted by atomic mass is 10.0. The van der Waals surface area contributed by atoms with Crippen molar-refractivity contribution < 1.29 is 19.1 Å². The molecule has 0 fully saturated rings. The van der Waals surface area contributed by atoms with E-state index < -0.39 is 17.3 Å². The predicted molar refractivity (Wildman–Crippen MR) is 108 cm³/mol. The molecule has 0 aliphatic carbocycles. The Hall–Kier alpha value is -2.24. The molecule has 27 heavy (non-hydrogen) atoms. The van der Waals surface area contributed by atoms with Gasteiger partial charge in [-0.1, -0.05) is 12.1 Å². The SMILES string of the molecule is CCN(C(=O)OC(C)(C)C)[C@H](C)c1ccc(C)c(NC(=O)OC(C)(C)C)c1. The van der Waals surface area contributed by atoms with E-state index in [4.69, 9.17) is 9.47 Å². The summed E-state index contributed by atoms with van der Waals surface area (Å²) in [7, 11) is 0. The average molecular weight is 379 g/mol. The van der Waals surface area contributed by atoms with Crippen molar-refractivity contribution in [1.29, 1.82) is 0 Å². The van der Waals surface area contributed by atoms with E-state index in [0.717, 1.165) is 11.1 Å². The molecule has 0 spiro atoms. The lowest BCUT2D eigenvalue weighted by molar-refractivity contribution is 0.0186. The van der Waals surface area contributed by atoms with E-state index in [1.165, 1.54) is 0 Å². The van der Waals surface area contributed by atoms with E-state index in [1.807, 2.05) is 80.5 Å². The molecule has 0 bridgehead atoms. The molecule has 0 unspecified atom stereocenters. The minimum absolute atomic E-state index is 0.204. The maximum atomic E-state index is 12.5. The summed E-state index contributed by atoms with van der Waals surface area (Å²) >= 11 is 0. The van der Waals surface area contributed by atoms with Crippen LogP contribution in [0.25, 0.3) is 0 Å². The molecule has 1 N–H and O–H groups in total. The Bertz CT molecular complexity index is 672. The van der Waals surface area contributed by atoms with Gasteiger partial charge in [-0.2, -0.15) is 0 Å². The zero-order chi connectivity index (χ0) is 21.0. The van der Waals surface area contributed by atoms with Crippen LogP contribution in [0.15, 0.2) is 18.2 Å². The molecule has 6 heteroatoms. The highest BCUT2D eigenvalue weighted by Gasteiger charge is 2.26. The van der Waals surface area contributed by atoms with Crippen LogP contribution in [0.3, 0.4) is 0 Å². The predicted octanol–water partition coefficient (Wildman–Crippen LogP) is 5.66. The summed E-state index contributed by atoms with van der Waals surface area (Å²) < 4.78 is 10.8. The number of amides is 2. The molecule has 0 saturated heterocycles. The molecular formula is C21H34N2O4. The molecule has 0 aliphatic rings. The van der Waals surface area contributed by atoms with Gasteiger partial charge < -0.3 is 14.4 Å². The summed E-state index contributed by atoms with van der Waals surface area (Å²) in [6.07, 6.45) is -0.866. The second kappa shape index (κ2) is 8.63. The molecule has 0 aromatic heterocycles. The highest BCUT2D eigenvalue weighted by atomic mass is 16.6. The van der Waals surface area contributed by atoms with Crippen LogP contribution in [0.1, 0.15) is 72.6 Å². The Kier molecular flexibility index (Phi) is 7.29. The molecule has 1 atom stereocenters. The highest BCUT2D eigenvalue weighted by Crippen LogP contribution is 2.27. The second-order valence-electron chi connectivity index (χ2n) is 8.64. The summed E-state index contributed by atoms with van der Waals surface area (Å²) in [4.78, 5) is 26.3. The normalized spacial score (nSPS) is 12.9. The first-order valence-corrected chi connectivity index (χ1v) is 9.33. The zero-order valence-corrected chi connectivity index (χ0v) is 18.1.